The molecule has 3 N–H and O–H groups in total. The van der Waals surface area contributed by atoms with E-state index in [4.69, 9.17) is 14.5 Å². The van der Waals surface area contributed by atoms with E-state index in [1.807, 2.05) is 18.2 Å². The van der Waals surface area contributed by atoms with Crippen LogP contribution in [-0.2, 0) is 27.5 Å². The van der Waals surface area contributed by atoms with E-state index in [1.54, 1.807) is 42.5 Å². The Bertz CT molecular complexity index is 3050. The number of benzene rings is 4. The minimum absolute atomic E-state index is 0.0659. The summed E-state index contributed by atoms with van der Waals surface area (Å²) < 4.78 is 28.0. The second-order valence-electron chi connectivity index (χ2n) is 19.7. The maximum atomic E-state index is 13.4. The van der Waals surface area contributed by atoms with E-state index in [2.05, 4.69) is 66.2 Å². The summed E-state index contributed by atoms with van der Waals surface area (Å²) in [6, 6.07) is 24.1. The minimum Gasteiger partial charge on any atom is -0.495 e. The predicted molar refractivity (Wildman–Crippen MR) is 270 cm³/mol. The smallest absolute Gasteiger partial charge is 0.255 e. The number of ether oxygens (including phenoxy) is 2. The molecular weight excluding hydrogens is 902 g/mol. The van der Waals surface area contributed by atoms with Crippen LogP contribution in [0, 0.1) is 17.2 Å². The molecule has 4 aliphatic heterocycles. The Kier molecular flexibility index (Phi) is 12.4. The van der Waals surface area contributed by atoms with Crippen LogP contribution in [0.1, 0.15) is 54.4 Å². The highest BCUT2D eigenvalue weighted by atomic mass is 19.1. The average molecular weight is 960 g/mol. The van der Waals surface area contributed by atoms with Crippen molar-refractivity contribution in [1.82, 2.24) is 29.6 Å². The summed E-state index contributed by atoms with van der Waals surface area (Å²) in [6.45, 7) is 13.3. The number of halogens is 1. The fraction of sp³-hybridized carbons (Fsp3) is 0.364. The van der Waals surface area contributed by atoms with Crippen molar-refractivity contribution in [3.63, 3.8) is 0 Å². The molecular formula is C55H58FN9O6. The van der Waals surface area contributed by atoms with Crippen molar-refractivity contribution in [3.8, 4) is 17.2 Å². The number of aromatic nitrogens is 2. The number of anilines is 3. The Morgan fingerprint density at radius 3 is 2.21 bits per heavy atom. The van der Waals surface area contributed by atoms with E-state index in [0.29, 0.717) is 72.3 Å². The number of nitrogens with one attached hydrogen (secondary N) is 3. The molecule has 3 saturated heterocycles. The van der Waals surface area contributed by atoms with Crippen molar-refractivity contribution in [1.29, 1.82) is 0 Å². The largest absolute Gasteiger partial charge is 0.495 e. The molecule has 0 spiro atoms. The van der Waals surface area contributed by atoms with Gasteiger partial charge in [-0.1, -0.05) is 6.58 Å². The number of allylic oxidation sites excluding steroid dienone is 1. The Morgan fingerprint density at radius 2 is 1.52 bits per heavy atom. The Balaban J connectivity index is 0.646. The van der Waals surface area contributed by atoms with Crippen LogP contribution in [0.4, 0.5) is 21.5 Å². The van der Waals surface area contributed by atoms with Crippen molar-refractivity contribution in [2.45, 2.75) is 57.7 Å². The molecule has 0 unspecified atom stereocenters. The number of amides is 4. The second-order valence-corrected chi connectivity index (χ2v) is 19.7. The van der Waals surface area contributed by atoms with Gasteiger partial charge in [0.1, 0.15) is 34.5 Å². The zero-order valence-corrected chi connectivity index (χ0v) is 39.9. The van der Waals surface area contributed by atoms with Crippen molar-refractivity contribution in [3.05, 3.63) is 127 Å². The molecule has 0 bridgehead atoms. The van der Waals surface area contributed by atoms with Crippen LogP contribution in [0.15, 0.2) is 110 Å². The van der Waals surface area contributed by atoms with Gasteiger partial charge in [0.25, 0.3) is 5.91 Å². The number of fused-ring (bicyclic) bond motifs is 4. The molecule has 0 radical (unpaired) electrons. The third kappa shape index (κ3) is 9.29. The highest BCUT2D eigenvalue weighted by molar-refractivity contribution is 6.17. The van der Waals surface area contributed by atoms with Gasteiger partial charge in [-0.05, 0) is 135 Å². The first-order valence-corrected chi connectivity index (χ1v) is 24.7. The zero-order valence-electron chi connectivity index (χ0n) is 39.9. The third-order valence-corrected chi connectivity index (χ3v) is 15.2. The number of carbonyl (C=O) groups excluding carboxylic acids is 4. The van der Waals surface area contributed by atoms with Gasteiger partial charge in [-0.15, -0.1) is 0 Å². The number of hydrogen-bond acceptors (Lipinski definition) is 10. The van der Waals surface area contributed by atoms with Gasteiger partial charge in [0, 0.05) is 117 Å². The maximum Gasteiger partial charge on any atom is 0.255 e. The average Bonchev–Trinajstić information content (AvgIpc) is 4.00. The van der Waals surface area contributed by atoms with Crippen LogP contribution in [0.2, 0.25) is 0 Å². The molecule has 1 saturated carbocycles. The first kappa shape index (κ1) is 46.1. The van der Waals surface area contributed by atoms with Crippen molar-refractivity contribution < 1.29 is 33.0 Å². The number of rotatable bonds is 14. The summed E-state index contributed by atoms with van der Waals surface area (Å²) in [6.07, 6.45) is 8.21. The van der Waals surface area contributed by atoms with Gasteiger partial charge in [0.15, 0.2) is 0 Å². The van der Waals surface area contributed by atoms with Crippen LogP contribution in [0.3, 0.4) is 0 Å². The van der Waals surface area contributed by atoms with Crippen LogP contribution in [0.25, 0.3) is 21.8 Å². The molecule has 11 rings (SSSR count). The first-order chi connectivity index (χ1) is 34.5. The number of carbonyl (C=O) groups is 4. The predicted octanol–water partition coefficient (Wildman–Crippen LogP) is 7.77. The molecule has 366 valence electrons. The van der Waals surface area contributed by atoms with Gasteiger partial charge in [-0.3, -0.25) is 29.1 Å². The first-order valence-electron chi connectivity index (χ1n) is 24.7. The summed E-state index contributed by atoms with van der Waals surface area (Å²) in [7, 11) is 1.70. The van der Waals surface area contributed by atoms with Crippen LogP contribution in [-0.4, -0.2) is 113 Å². The second kappa shape index (κ2) is 19.1. The lowest BCUT2D eigenvalue weighted by Crippen LogP contribution is -2.49. The number of nitrogens with zero attached hydrogens (tertiary/aromatic N) is 6. The quantitative estimate of drug-likeness (QED) is 0.0924. The standard InChI is InChI=1S/C55H58FN9O6/c1-35-3-13-47(51(66)58-35)65-34-44-41-18-24-64(46(41)14-12-42(44)52(65)67)30-29-61-25-27-62(28-26-61)33-36-16-22-63(23-17-36)48-32-45-43(31-50(48)70-2)49(15-21-57-45)71-40-10-8-39(9-11-40)60-54(69)55(19-20-55)53(68)59-38-6-4-37(56)5-7-38/h4-12,14-15,18,21,24,31-32,36,47H,1,3,13,16-17,19-20,22-23,25-30,33-34H2,2H3,(H,58,66)(H,59,68)(H,60,69)/t47-/m0/s1. The SMILES string of the molecule is C=C1CC[C@H](N2Cc3c(ccc4c3ccn4CCN3CCN(CC4CCN(c5cc6nccc(Oc7ccc(NC(=O)C8(C(=O)Nc9ccc(F)cc9)CC8)cc7)c6cc5OC)CC4)CC3)C2=O)C(=O)N1. The fourth-order valence-electron chi connectivity index (χ4n) is 10.9. The number of piperidine rings is 2. The summed E-state index contributed by atoms with van der Waals surface area (Å²) in [5.74, 6) is 1.16. The zero-order chi connectivity index (χ0) is 48.8. The van der Waals surface area contributed by atoms with Crippen molar-refractivity contribution >= 4 is 62.5 Å². The topological polar surface area (TPSA) is 154 Å². The van der Waals surface area contributed by atoms with Gasteiger partial charge in [-0.2, -0.15) is 0 Å². The van der Waals surface area contributed by atoms with Gasteiger partial charge in [-0.25, -0.2) is 4.39 Å². The van der Waals surface area contributed by atoms with Gasteiger partial charge < -0.3 is 44.7 Å². The minimum atomic E-state index is -1.16. The molecule has 2 aromatic heterocycles. The highest BCUT2D eigenvalue weighted by Gasteiger charge is 2.56. The number of piperazine rings is 1. The van der Waals surface area contributed by atoms with Crippen molar-refractivity contribution in [2.75, 3.05) is 75.0 Å². The lowest BCUT2D eigenvalue weighted by molar-refractivity contribution is -0.131. The normalized spacial score (nSPS) is 19.5. The summed E-state index contributed by atoms with van der Waals surface area (Å²) in [5, 5.41) is 10.4. The molecule has 16 heteroatoms. The van der Waals surface area contributed by atoms with Gasteiger partial charge >= 0.3 is 0 Å². The Hall–Kier alpha value is -7.30. The van der Waals surface area contributed by atoms with Crippen LogP contribution >= 0.6 is 0 Å². The summed E-state index contributed by atoms with van der Waals surface area (Å²) >= 11 is 0. The van der Waals surface area contributed by atoms with E-state index in [1.165, 1.54) is 24.3 Å². The third-order valence-electron chi connectivity index (χ3n) is 15.2. The van der Waals surface area contributed by atoms with E-state index in [-0.39, 0.29) is 17.7 Å². The Morgan fingerprint density at radius 1 is 0.817 bits per heavy atom. The number of pyridine rings is 1. The lowest BCUT2D eigenvalue weighted by atomic mass is 9.95. The lowest BCUT2D eigenvalue weighted by Gasteiger charge is -2.39. The van der Waals surface area contributed by atoms with E-state index < -0.39 is 23.2 Å². The van der Waals surface area contributed by atoms with E-state index >= 15 is 0 Å². The summed E-state index contributed by atoms with van der Waals surface area (Å²) in [4.78, 5) is 66.5. The molecule has 4 aromatic carbocycles. The monoisotopic (exact) mass is 959 g/mol. The van der Waals surface area contributed by atoms with Crippen LogP contribution < -0.4 is 30.3 Å². The van der Waals surface area contributed by atoms with Crippen molar-refractivity contribution in [2.24, 2.45) is 11.3 Å². The molecule has 6 heterocycles. The molecule has 4 amide bonds. The van der Waals surface area contributed by atoms with Gasteiger partial charge in [0.2, 0.25) is 17.7 Å². The number of methoxy groups -OCH3 is 1. The van der Waals surface area contributed by atoms with E-state index in [9.17, 15) is 23.6 Å². The molecule has 15 nitrogen and oxygen atoms in total. The number of hydrogen-bond donors (Lipinski definition) is 3. The molecule has 5 aliphatic rings. The fourth-order valence-corrected chi connectivity index (χ4v) is 10.9. The maximum absolute atomic E-state index is 13.4. The highest BCUT2D eigenvalue weighted by Crippen LogP contribution is 2.48. The molecule has 4 fully saturated rings. The molecule has 1 aliphatic carbocycles. The van der Waals surface area contributed by atoms with Crippen LogP contribution in [0.5, 0.6) is 17.2 Å². The van der Waals surface area contributed by atoms with Gasteiger partial charge in [0.05, 0.1) is 18.3 Å². The molecule has 6 aromatic rings. The molecule has 1 atom stereocenters. The molecule has 71 heavy (non-hydrogen) atoms. The summed E-state index contributed by atoms with van der Waals surface area (Å²) in [5.41, 5.74) is 5.19. The Labute approximate surface area is 411 Å². The van der Waals surface area contributed by atoms with E-state index in [0.717, 1.165) is 111 Å².